The second-order valence-electron chi connectivity index (χ2n) is 4.59. The first-order valence-electron chi connectivity index (χ1n) is 6.58. The molecule has 1 heterocycles. The largest absolute Gasteiger partial charge is 0.497 e. The van der Waals surface area contributed by atoms with Gasteiger partial charge >= 0.3 is 0 Å². The molecular weight excluding hydrogens is 248 g/mol. The van der Waals surface area contributed by atoms with Crippen molar-refractivity contribution in [2.45, 2.75) is 6.54 Å². The SMILES string of the molecule is COc1cccc(CNc2ccc3ccccc3n2)c1. The van der Waals surface area contributed by atoms with Crippen molar-refractivity contribution >= 4 is 16.7 Å². The maximum Gasteiger partial charge on any atom is 0.126 e. The van der Waals surface area contributed by atoms with Gasteiger partial charge in [0.15, 0.2) is 0 Å². The summed E-state index contributed by atoms with van der Waals surface area (Å²) < 4.78 is 5.22. The molecule has 2 aromatic carbocycles. The zero-order valence-electron chi connectivity index (χ0n) is 11.3. The third-order valence-electron chi connectivity index (χ3n) is 3.21. The van der Waals surface area contributed by atoms with E-state index in [1.807, 2.05) is 42.5 Å². The first-order chi connectivity index (χ1) is 9.85. The highest BCUT2D eigenvalue weighted by Crippen LogP contribution is 2.16. The molecule has 0 fully saturated rings. The second kappa shape index (κ2) is 5.61. The maximum absolute atomic E-state index is 5.22. The van der Waals surface area contributed by atoms with Gasteiger partial charge < -0.3 is 10.1 Å². The van der Waals surface area contributed by atoms with Crippen molar-refractivity contribution in [1.82, 2.24) is 4.98 Å². The Morgan fingerprint density at radius 1 is 1.00 bits per heavy atom. The van der Waals surface area contributed by atoms with Crippen LogP contribution in [0.1, 0.15) is 5.56 Å². The fourth-order valence-electron chi connectivity index (χ4n) is 2.14. The number of nitrogens with one attached hydrogen (secondary N) is 1. The van der Waals surface area contributed by atoms with Crippen LogP contribution in [-0.2, 0) is 6.54 Å². The van der Waals surface area contributed by atoms with Gasteiger partial charge in [0.25, 0.3) is 0 Å². The maximum atomic E-state index is 5.22. The van der Waals surface area contributed by atoms with Gasteiger partial charge in [-0.05, 0) is 35.9 Å². The molecule has 0 atom stereocenters. The quantitative estimate of drug-likeness (QED) is 0.777. The van der Waals surface area contributed by atoms with Crippen molar-refractivity contribution in [2.24, 2.45) is 0 Å². The lowest BCUT2D eigenvalue weighted by molar-refractivity contribution is 0.414. The summed E-state index contributed by atoms with van der Waals surface area (Å²) in [5.41, 5.74) is 2.17. The molecule has 3 nitrogen and oxygen atoms in total. The summed E-state index contributed by atoms with van der Waals surface area (Å²) in [5, 5.41) is 4.49. The van der Waals surface area contributed by atoms with E-state index in [1.165, 1.54) is 5.56 Å². The van der Waals surface area contributed by atoms with Crippen LogP contribution in [0, 0.1) is 0 Å². The van der Waals surface area contributed by atoms with E-state index in [2.05, 4.69) is 28.5 Å². The Labute approximate surface area is 118 Å². The molecule has 3 heteroatoms. The minimum absolute atomic E-state index is 0.725. The lowest BCUT2D eigenvalue weighted by Crippen LogP contribution is -2.01. The van der Waals surface area contributed by atoms with Crippen LogP contribution in [0.4, 0.5) is 5.82 Å². The first kappa shape index (κ1) is 12.5. The number of rotatable bonds is 4. The molecule has 0 spiro atoms. The highest BCUT2D eigenvalue weighted by Gasteiger charge is 1.99. The summed E-state index contributed by atoms with van der Waals surface area (Å²) in [7, 11) is 1.68. The van der Waals surface area contributed by atoms with Gasteiger partial charge in [0.2, 0.25) is 0 Å². The van der Waals surface area contributed by atoms with Crippen LogP contribution in [0.2, 0.25) is 0 Å². The lowest BCUT2D eigenvalue weighted by atomic mass is 10.2. The molecule has 0 aliphatic rings. The predicted molar refractivity (Wildman–Crippen MR) is 82.1 cm³/mol. The molecule has 0 bridgehead atoms. The topological polar surface area (TPSA) is 34.1 Å². The van der Waals surface area contributed by atoms with E-state index >= 15 is 0 Å². The third kappa shape index (κ3) is 2.72. The molecule has 100 valence electrons. The number of fused-ring (bicyclic) bond motifs is 1. The molecule has 0 saturated heterocycles. The van der Waals surface area contributed by atoms with Gasteiger partial charge in [0, 0.05) is 11.9 Å². The molecule has 3 aromatic rings. The van der Waals surface area contributed by atoms with E-state index in [1.54, 1.807) is 7.11 Å². The summed E-state index contributed by atoms with van der Waals surface area (Å²) in [6, 6.07) is 20.2. The van der Waals surface area contributed by atoms with Gasteiger partial charge in [-0.3, -0.25) is 0 Å². The number of aromatic nitrogens is 1. The van der Waals surface area contributed by atoms with Crippen molar-refractivity contribution in [3.05, 3.63) is 66.2 Å². The second-order valence-corrected chi connectivity index (χ2v) is 4.59. The van der Waals surface area contributed by atoms with Crippen molar-refractivity contribution in [3.63, 3.8) is 0 Å². The number of nitrogens with zero attached hydrogens (tertiary/aromatic N) is 1. The number of pyridine rings is 1. The van der Waals surface area contributed by atoms with Crippen LogP contribution in [0.15, 0.2) is 60.7 Å². The van der Waals surface area contributed by atoms with Gasteiger partial charge in [-0.25, -0.2) is 4.98 Å². The average Bonchev–Trinajstić information content (AvgIpc) is 2.53. The lowest BCUT2D eigenvalue weighted by Gasteiger charge is -2.08. The molecule has 0 unspecified atom stereocenters. The average molecular weight is 264 g/mol. The Kier molecular flexibility index (Phi) is 3.50. The van der Waals surface area contributed by atoms with E-state index in [-0.39, 0.29) is 0 Å². The van der Waals surface area contributed by atoms with Gasteiger partial charge in [0.05, 0.1) is 12.6 Å². The molecule has 0 radical (unpaired) electrons. The summed E-state index contributed by atoms with van der Waals surface area (Å²) in [6.07, 6.45) is 0. The normalized spacial score (nSPS) is 10.4. The van der Waals surface area contributed by atoms with Gasteiger partial charge in [-0.15, -0.1) is 0 Å². The van der Waals surface area contributed by atoms with Crippen LogP contribution in [-0.4, -0.2) is 12.1 Å². The van der Waals surface area contributed by atoms with Crippen molar-refractivity contribution in [1.29, 1.82) is 0 Å². The minimum Gasteiger partial charge on any atom is -0.497 e. The van der Waals surface area contributed by atoms with Crippen molar-refractivity contribution in [3.8, 4) is 5.75 Å². The zero-order chi connectivity index (χ0) is 13.8. The molecule has 3 rings (SSSR count). The van der Waals surface area contributed by atoms with Crippen molar-refractivity contribution in [2.75, 3.05) is 12.4 Å². The standard InChI is InChI=1S/C17H16N2O/c1-20-15-7-4-5-13(11-15)12-18-17-10-9-14-6-2-3-8-16(14)19-17/h2-11H,12H2,1H3,(H,18,19). The Morgan fingerprint density at radius 3 is 2.80 bits per heavy atom. The highest BCUT2D eigenvalue weighted by atomic mass is 16.5. The molecule has 20 heavy (non-hydrogen) atoms. The summed E-state index contributed by atoms with van der Waals surface area (Å²) >= 11 is 0. The Bertz CT molecular complexity index is 725. The fraction of sp³-hybridized carbons (Fsp3) is 0.118. The van der Waals surface area contributed by atoms with Gasteiger partial charge in [-0.1, -0.05) is 30.3 Å². The van der Waals surface area contributed by atoms with Gasteiger partial charge in [-0.2, -0.15) is 0 Å². The summed E-state index contributed by atoms with van der Waals surface area (Å²) in [4.78, 5) is 4.59. The van der Waals surface area contributed by atoms with Crippen molar-refractivity contribution < 1.29 is 4.74 Å². The van der Waals surface area contributed by atoms with E-state index in [9.17, 15) is 0 Å². The van der Waals surface area contributed by atoms with Crippen LogP contribution < -0.4 is 10.1 Å². The monoisotopic (exact) mass is 264 g/mol. The van der Waals surface area contributed by atoms with E-state index in [4.69, 9.17) is 4.74 Å². The summed E-state index contributed by atoms with van der Waals surface area (Å²) in [5.74, 6) is 1.75. The molecular formula is C17H16N2O. The van der Waals surface area contributed by atoms with Crippen LogP contribution in [0.25, 0.3) is 10.9 Å². The predicted octanol–water partition coefficient (Wildman–Crippen LogP) is 3.86. The number of ether oxygens (including phenoxy) is 1. The first-order valence-corrected chi connectivity index (χ1v) is 6.58. The smallest absolute Gasteiger partial charge is 0.126 e. The molecule has 1 aromatic heterocycles. The number of para-hydroxylation sites is 1. The van der Waals surface area contributed by atoms with E-state index < -0.39 is 0 Å². The fourth-order valence-corrected chi connectivity index (χ4v) is 2.14. The number of hydrogen-bond acceptors (Lipinski definition) is 3. The minimum atomic E-state index is 0.725. The van der Waals surface area contributed by atoms with E-state index in [0.29, 0.717) is 0 Å². The Morgan fingerprint density at radius 2 is 1.90 bits per heavy atom. The van der Waals surface area contributed by atoms with E-state index in [0.717, 1.165) is 29.0 Å². The third-order valence-corrected chi connectivity index (χ3v) is 3.21. The number of hydrogen-bond donors (Lipinski definition) is 1. The van der Waals surface area contributed by atoms with Gasteiger partial charge in [0.1, 0.15) is 11.6 Å². The Balaban J connectivity index is 1.76. The molecule has 0 aliphatic heterocycles. The van der Waals surface area contributed by atoms with Crippen LogP contribution in [0.5, 0.6) is 5.75 Å². The number of benzene rings is 2. The highest BCUT2D eigenvalue weighted by molar-refractivity contribution is 5.80. The molecule has 0 saturated carbocycles. The number of methoxy groups -OCH3 is 1. The zero-order valence-corrected chi connectivity index (χ0v) is 11.3. The van der Waals surface area contributed by atoms with Crippen LogP contribution >= 0.6 is 0 Å². The summed E-state index contributed by atoms with van der Waals surface area (Å²) in [6.45, 7) is 0.725. The molecule has 0 amide bonds. The number of anilines is 1. The molecule has 0 aliphatic carbocycles. The molecule has 1 N–H and O–H groups in total. The van der Waals surface area contributed by atoms with Crippen LogP contribution in [0.3, 0.4) is 0 Å². The Hall–Kier alpha value is -2.55.